The monoisotopic (exact) mass is 274 g/mol. The van der Waals surface area contributed by atoms with E-state index >= 15 is 0 Å². The molecule has 0 fully saturated rings. The first-order chi connectivity index (χ1) is 8.78. The van der Waals surface area contributed by atoms with E-state index in [1.54, 1.807) is 6.92 Å². The second kappa shape index (κ2) is 5.97. The Morgan fingerprint density at radius 2 is 2.11 bits per heavy atom. The number of carboxylic acid groups (broad SMARTS) is 1. The number of carboxylic acids is 1. The van der Waals surface area contributed by atoms with E-state index in [2.05, 4.69) is 4.74 Å². The molecule has 106 valence electrons. The highest BCUT2D eigenvalue weighted by molar-refractivity contribution is 5.72. The molecule has 0 saturated heterocycles. The Labute approximate surface area is 109 Å². The van der Waals surface area contributed by atoms with Crippen molar-refractivity contribution in [2.75, 3.05) is 0 Å². The van der Waals surface area contributed by atoms with Crippen LogP contribution >= 0.6 is 0 Å². The molecule has 0 aliphatic carbocycles. The van der Waals surface area contributed by atoms with Crippen LogP contribution in [0.25, 0.3) is 0 Å². The van der Waals surface area contributed by atoms with Gasteiger partial charge in [-0.25, -0.2) is 0 Å². The molecule has 0 aromatic heterocycles. The van der Waals surface area contributed by atoms with Crippen molar-refractivity contribution < 1.29 is 28.5 Å². The minimum absolute atomic E-state index is 0.118. The molecule has 1 rings (SSSR count). The molecular weight excluding hydrogens is 258 g/mol. The summed E-state index contributed by atoms with van der Waals surface area (Å²) in [6, 6.07) is 5.44. The van der Waals surface area contributed by atoms with Crippen LogP contribution in [0.5, 0.6) is 5.75 Å². The average Bonchev–Trinajstić information content (AvgIpc) is 2.28. The van der Waals surface area contributed by atoms with Crippen molar-refractivity contribution in [1.82, 2.24) is 0 Å². The van der Waals surface area contributed by atoms with E-state index in [1.165, 1.54) is 31.2 Å². The largest absolute Gasteiger partial charge is 0.481 e. The minimum atomic E-state index is -2.97. The van der Waals surface area contributed by atoms with Gasteiger partial charge in [0.25, 0.3) is 0 Å². The van der Waals surface area contributed by atoms with E-state index in [0.29, 0.717) is 0 Å². The highest BCUT2D eigenvalue weighted by Gasteiger charge is 2.37. The van der Waals surface area contributed by atoms with Crippen LogP contribution in [0.2, 0.25) is 0 Å². The molecule has 2 atom stereocenters. The van der Waals surface area contributed by atoms with Crippen molar-refractivity contribution in [2.24, 2.45) is 5.92 Å². The molecule has 0 aliphatic rings. The first-order valence-corrected chi connectivity index (χ1v) is 5.79. The first kappa shape index (κ1) is 15.4. The lowest BCUT2D eigenvalue weighted by molar-refractivity contribution is -0.152. The standard InChI is InChI=1S/C13H16F2O4/c1-3-10(11(16)17)13(2,18)8-5-4-6-9(7-8)19-12(14)15/h4-7,10,12,18H,3H2,1-2H3,(H,16,17). The molecule has 2 N–H and O–H groups in total. The summed E-state index contributed by atoms with van der Waals surface area (Å²) in [5.41, 5.74) is -1.44. The summed E-state index contributed by atoms with van der Waals surface area (Å²) in [5, 5.41) is 19.4. The Morgan fingerprint density at radius 1 is 1.47 bits per heavy atom. The van der Waals surface area contributed by atoms with E-state index < -0.39 is 24.1 Å². The Kier molecular flexibility index (Phi) is 4.83. The maximum Gasteiger partial charge on any atom is 0.387 e. The molecule has 0 aliphatic heterocycles. The molecule has 0 amide bonds. The molecule has 0 saturated carbocycles. The molecule has 6 heteroatoms. The number of hydrogen-bond donors (Lipinski definition) is 2. The molecule has 1 aromatic carbocycles. The fourth-order valence-corrected chi connectivity index (χ4v) is 2.00. The number of benzene rings is 1. The zero-order valence-corrected chi connectivity index (χ0v) is 10.6. The molecular formula is C13H16F2O4. The quantitative estimate of drug-likeness (QED) is 0.836. The predicted molar refractivity (Wildman–Crippen MR) is 64.1 cm³/mol. The van der Waals surface area contributed by atoms with E-state index in [-0.39, 0.29) is 17.7 Å². The number of halogens is 2. The topological polar surface area (TPSA) is 66.8 Å². The number of carbonyl (C=O) groups is 1. The van der Waals surface area contributed by atoms with Crippen LogP contribution in [0.3, 0.4) is 0 Å². The smallest absolute Gasteiger partial charge is 0.387 e. The number of hydrogen-bond acceptors (Lipinski definition) is 3. The van der Waals surface area contributed by atoms with Gasteiger partial charge in [-0.3, -0.25) is 4.79 Å². The number of alkyl halides is 2. The van der Waals surface area contributed by atoms with Gasteiger partial charge < -0.3 is 14.9 Å². The maximum absolute atomic E-state index is 12.1. The lowest BCUT2D eigenvalue weighted by atomic mass is 9.81. The van der Waals surface area contributed by atoms with Gasteiger partial charge in [-0.15, -0.1) is 0 Å². The van der Waals surface area contributed by atoms with Crippen molar-refractivity contribution in [1.29, 1.82) is 0 Å². The third kappa shape index (κ3) is 3.64. The van der Waals surface area contributed by atoms with Crippen molar-refractivity contribution >= 4 is 5.97 Å². The van der Waals surface area contributed by atoms with Gasteiger partial charge in [0, 0.05) is 0 Å². The third-order valence-corrected chi connectivity index (χ3v) is 3.03. The Bertz CT molecular complexity index is 446. The van der Waals surface area contributed by atoms with Gasteiger partial charge in [0.2, 0.25) is 0 Å². The number of rotatable bonds is 6. The molecule has 1 aromatic rings. The zero-order valence-electron chi connectivity index (χ0n) is 10.6. The summed E-state index contributed by atoms with van der Waals surface area (Å²) in [4.78, 5) is 11.1. The molecule has 19 heavy (non-hydrogen) atoms. The fraction of sp³-hybridized carbons (Fsp3) is 0.462. The van der Waals surface area contributed by atoms with Crippen LogP contribution in [0.4, 0.5) is 8.78 Å². The van der Waals surface area contributed by atoms with Crippen molar-refractivity contribution in [3.05, 3.63) is 29.8 Å². The number of aliphatic hydroxyl groups is 1. The first-order valence-electron chi connectivity index (χ1n) is 5.79. The summed E-state index contributed by atoms with van der Waals surface area (Å²) < 4.78 is 28.5. The van der Waals surface area contributed by atoms with Crippen molar-refractivity contribution in [3.63, 3.8) is 0 Å². The van der Waals surface area contributed by atoms with Gasteiger partial charge in [0.15, 0.2) is 0 Å². The zero-order chi connectivity index (χ0) is 14.6. The highest BCUT2D eigenvalue weighted by atomic mass is 19.3. The van der Waals surface area contributed by atoms with E-state index in [9.17, 15) is 18.7 Å². The van der Waals surface area contributed by atoms with Gasteiger partial charge >= 0.3 is 12.6 Å². The van der Waals surface area contributed by atoms with Gasteiger partial charge in [0.1, 0.15) is 11.4 Å². The number of aliphatic carboxylic acids is 1. The van der Waals surface area contributed by atoms with Crippen molar-refractivity contribution in [2.45, 2.75) is 32.5 Å². The summed E-state index contributed by atoms with van der Waals surface area (Å²) in [5.74, 6) is -2.30. The molecule has 0 heterocycles. The summed E-state index contributed by atoms with van der Waals surface area (Å²) in [6.07, 6.45) is 0.211. The van der Waals surface area contributed by atoms with Gasteiger partial charge in [-0.1, -0.05) is 19.1 Å². The van der Waals surface area contributed by atoms with Crippen LogP contribution in [-0.4, -0.2) is 22.8 Å². The van der Waals surface area contributed by atoms with Crippen LogP contribution in [-0.2, 0) is 10.4 Å². The Hall–Kier alpha value is -1.69. The van der Waals surface area contributed by atoms with Crippen LogP contribution in [0.1, 0.15) is 25.8 Å². The van der Waals surface area contributed by atoms with Gasteiger partial charge in [-0.2, -0.15) is 8.78 Å². The van der Waals surface area contributed by atoms with E-state index in [4.69, 9.17) is 5.11 Å². The molecule has 0 radical (unpaired) electrons. The van der Waals surface area contributed by atoms with Gasteiger partial charge in [0.05, 0.1) is 5.92 Å². The SMILES string of the molecule is CCC(C(=O)O)C(C)(O)c1cccc(OC(F)F)c1. The van der Waals surface area contributed by atoms with E-state index in [0.717, 1.165) is 0 Å². The van der Waals surface area contributed by atoms with Crippen LogP contribution in [0.15, 0.2) is 24.3 Å². The molecule has 4 nitrogen and oxygen atoms in total. The third-order valence-electron chi connectivity index (χ3n) is 3.03. The summed E-state index contributed by atoms with van der Waals surface area (Å²) in [6.45, 7) is 0.00503. The van der Waals surface area contributed by atoms with Gasteiger partial charge in [-0.05, 0) is 31.0 Å². The minimum Gasteiger partial charge on any atom is -0.481 e. The van der Waals surface area contributed by atoms with Crippen molar-refractivity contribution in [3.8, 4) is 5.75 Å². The van der Waals surface area contributed by atoms with Crippen LogP contribution in [0, 0.1) is 5.92 Å². The normalized spacial score (nSPS) is 15.9. The summed E-state index contributed by atoms with van der Waals surface area (Å²) >= 11 is 0. The second-order valence-electron chi connectivity index (χ2n) is 4.35. The molecule has 2 unspecified atom stereocenters. The molecule has 0 bridgehead atoms. The summed E-state index contributed by atoms with van der Waals surface area (Å²) in [7, 11) is 0. The Morgan fingerprint density at radius 3 is 2.58 bits per heavy atom. The van der Waals surface area contributed by atoms with E-state index in [1.807, 2.05) is 0 Å². The second-order valence-corrected chi connectivity index (χ2v) is 4.35. The lowest BCUT2D eigenvalue weighted by Gasteiger charge is -2.30. The Balaban J connectivity index is 3.09. The lowest BCUT2D eigenvalue weighted by Crippen LogP contribution is -2.36. The molecule has 0 spiro atoms. The average molecular weight is 274 g/mol. The maximum atomic E-state index is 12.1. The van der Waals surface area contributed by atoms with Crippen LogP contribution < -0.4 is 4.74 Å². The number of ether oxygens (including phenoxy) is 1. The highest BCUT2D eigenvalue weighted by Crippen LogP contribution is 2.33. The fourth-order valence-electron chi connectivity index (χ4n) is 2.00. The predicted octanol–water partition coefficient (Wildman–Crippen LogP) is 2.61.